The quantitative estimate of drug-likeness (QED) is 0.0234. The van der Waals surface area contributed by atoms with Crippen LogP contribution in [0.1, 0.15) is 228 Å². The molecule has 2 saturated carbocycles. The summed E-state index contributed by atoms with van der Waals surface area (Å²) in [6.07, 6.45) is 19.1. The van der Waals surface area contributed by atoms with Crippen molar-refractivity contribution < 1.29 is 38.6 Å². The molecule has 10 aromatic rings. The van der Waals surface area contributed by atoms with Gasteiger partial charge in [-0.1, -0.05) is 322 Å². The standard InChI is InChI=1S/C47H58O4.C47H46O4/c2*1-3-11-36-18-22-38(23-19-36)32-39-24-26-41(27-25-39)34-49-51-46(43-14-9-6-10-15-43)45(42-12-7-5-8-13-42)50-47(48)44-30-28-40(29-31-44)33-37-20-16-35(4-2)17-21-37/h5-10,12-15,24-31,35-38,45-46H,3-4,11,16-23,32-34H2,1-2H3;5-10,12-31,45-46H,3-4,11,32-34H2,1-2H3/t35?,36?,37?,38?,45-,46-;45-,46-/m11/s1. The van der Waals surface area contributed by atoms with E-state index in [4.69, 9.17) is 29.0 Å². The molecule has 12 rings (SSSR count). The second-order valence-corrected chi connectivity index (χ2v) is 28.3. The van der Waals surface area contributed by atoms with Gasteiger partial charge in [-0.3, -0.25) is 0 Å². The van der Waals surface area contributed by atoms with Gasteiger partial charge in [-0.15, -0.1) is 0 Å². The number of rotatable bonds is 32. The van der Waals surface area contributed by atoms with Gasteiger partial charge in [-0.2, -0.15) is 0 Å². The van der Waals surface area contributed by atoms with Crippen molar-refractivity contribution >= 4 is 11.9 Å². The molecule has 0 unspecified atom stereocenters. The van der Waals surface area contributed by atoms with Crippen LogP contribution in [0.2, 0.25) is 0 Å². The van der Waals surface area contributed by atoms with Crippen LogP contribution in [0.4, 0.5) is 0 Å². The van der Waals surface area contributed by atoms with E-state index >= 15 is 0 Å². The second kappa shape index (κ2) is 39.4. The summed E-state index contributed by atoms with van der Waals surface area (Å²) in [5, 5.41) is 0. The number of aryl methyl sites for hydroxylation is 2. The topological polar surface area (TPSA) is 89.5 Å². The summed E-state index contributed by atoms with van der Waals surface area (Å²) < 4.78 is 12.6. The van der Waals surface area contributed by atoms with Crippen molar-refractivity contribution in [1.29, 1.82) is 0 Å². The molecular weight excluding hydrogens is 1260 g/mol. The Morgan fingerprint density at radius 3 is 0.971 bits per heavy atom. The van der Waals surface area contributed by atoms with Gasteiger partial charge in [0.2, 0.25) is 0 Å². The zero-order valence-corrected chi connectivity index (χ0v) is 60.4. The molecule has 0 N–H and O–H groups in total. The van der Waals surface area contributed by atoms with Crippen LogP contribution in [-0.2, 0) is 80.8 Å². The minimum Gasteiger partial charge on any atom is -0.451 e. The predicted octanol–water partition coefficient (Wildman–Crippen LogP) is 23.6. The maximum Gasteiger partial charge on any atom is 0.338 e. The first-order valence-electron chi connectivity index (χ1n) is 37.8. The molecular formula is C94H104O8. The summed E-state index contributed by atoms with van der Waals surface area (Å²) in [4.78, 5) is 51.7. The maximum absolute atomic E-state index is 13.7. The zero-order valence-electron chi connectivity index (χ0n) is 60.4. The average molecular weight is 1360 g/mol. The highest BCUT2D eigenvalue weighted by Crippen LogP contribution is 2.40. The van der Waals surface area contributed by atoms with Crippen LogP contribution in [0, 0.1) is 23.7 Å². The molecule has 2 aliphatic carbocycles. The molecule has 8 nitrogen and oxygen atoms in total. The highest BCUT2D eigenvalue weighted by atomic mass is 17.2. The Morgan fingerprint density at radius 2 is 0.618 bits per heavy atom. The highest BCUT2D eigenvalue weighted by molar-refractivity contribution is 5.90. The summed E-state index contributed by atoms with van der Waals surface area (Å²) in [5.41, 5.74) is 16.7. The van der Waals surface area contributed by atoms with Crippen LogP contribution >= 0.6 is 0 Å². The molecule has 0 aliphatic heterocycles. The molecule has 0 bridgehead atoms. The molecule has 0 saturated heterocycles. The van der Waals surface area contributed by atoms with E-state index in [1.54, 1.807) is 0 Å². The van der Waals surface area contributed by atoms with Gasteiger partial charge in [0, 0.05) is 0 Å². The minimum atomic E-state index is -0.760. The van der Waals surface area contributed by atoms with Crippen LogP contribution in [0.15, 0.2) is 267 Å². The normalized spacial score (nSPS) is 17.1. The Morgan fingerprint density at radius 1 is 0.314 bits per heavy atom. The van der Waals surface area contributed by atoms with Gasteiger partial charge in [0.25, 0.3) is 0 Å². The number of esters is 2. The fourth-order valence-electron chi connectivity index (χ4n) is 14.6. The fourth-order valence-corrected chi connectivity index (χ4v) is 14.6. The van der Waals surface area contributed by atoms with E-state index in [1.165, 1.54) is 110 Å². The first kappa shape index (κ1) is 74.2. The number of ether oxygens (including phenoxy) is 2. The summed E-state index contributed by atoms with van der Waals surface area (Å²) in [5.74, 6) is 2.55. The first-order chi connectivity index (χ1) is 50.1. The molecule has 0 aromatic heterocycles. The van der Waals surface area contributed by atoms with E-state index < -0.39 is 30.4 Å². The minimum absolute atomic E-state index is 0.243. The zero-order chi connectivity index (χ0) is 70.5. The predicted molar refractivity (Wildman–Crippen MR) is 410 cm³/mol. The van der Waals surface area contributed by atoms with Crippen molar-refractivity contribution in [3.63, 3.8) is 0 Å². The molecule has 2 fully saturated rings. The van der Waals surface area contributed by atoms with Crippen molar-refractivity contribution in [1.82, 2.24) is 0 Å². The Hall–Kier alpha value is -9.02. The number of hydrogen-bond acceptors (Lipinski definition) is 8. The van der Waals surface area contributed by atoms with E-state index in [-0.39, 0.29) is 12.6 Å². The molecule has 102 heavy (non-hydrogen) atoms. The lowest BCUT2D eigenvalue weighted by atomic mass is 9.78. The van der Waals surface area contributed by atoms with E-state index in [2.05, 4.69) is 137 Å². The number of carbonyl (C=O) groups excluding carboxylic acids is 2. The lowest BCUT2D eigenvalue weighted by Crippen LogP contribution is -2.21. The average Bonchev–Trinajstić information content (AvgIpc) is 0.828. The Balaban J connectivity index is 0.000000205. The van der Waals surface area contributed by atoms with Crippen LogP contribution in [0.5, 0.6) is 0 Å². The van der Waals surface area contributed by atoms with Crippen molar-refractivity contribution in [2.24, 2.45) is 23.7 Å². The largest absolute Gasteiger partial charge is 0.451 e. The van der Waals surface area contributed by atoms with Crippen molar-refractivity contribution in [3.8, 4) is 0 Å². The lowest BCUT2D eigenvalue weighted by molar-refractivity contribution is -0.350. The fraction of sp³-hybridized carbons (Fsp3) is 0.340. The van der Waals surface area contributed by atoms with E-state index in [0.717, 1.165) is 108 Å². The van der Waals surface area contributed by atoms with E-state index in [0.29, 0.717) is 17.7 Å². The summed E-state index contributed by atoms with van der Waals surface area (Å²) in [6, 6.07) is 89.6. The Bertz CT molecular complexity index is 4020. The number of benzene rings is 10. The van der Waals surface area contributed by atoms with Gasteiger partial charge in [0.1, 0.15) is 13.2 Å². The van der Waals surface area contributed by atoms with Gasteiger partial charge in [-0.05, 0) is 190 Å². The lowest BCUT2D eigenvalue weighted by Gasteiger charge is -2.28. The van der Waals surface area contributed by atoms with Crippen LogP contribution in [0.3, 0.4) is 0 Å². The van der Waals surface area contributed by atoms with Crippen LogP contribution in [0.25, 0.3) is 0 Å². The van der Waals surface area contributed by atoms with Crippen molar-refractivity contribution in [2.75, 3.05) is 0 Å². The van der Waals surface area contributed by atoms with Gasteiger partial charge in [0.15, 0.2) is 24.4 Å². The highest BCUT2D eigenvalue weighted by Gasteiger charge is 2.33. The second-order valence-electron chi connectivity index (χ2n) is 28.3. The monoisotopic (exact) mass is 1360 g/mol. The maximum atomic E-state index is 13.7. The molecule has 2 aliphatic rings. The summed E-state index contributed by atoms with van der Waals surface area (Å²) in [6.45, 7) is 9.52. The van der Waals surface area contributed by atoms with E-state index in [9.17, 15) is 9.59 Å². The van der Waals surface area contributed by atoms with Crippen LogP contribution < -0.4 is 0 Å². The van der Waals surface area contributed by atoms with Gasteiger partial charge in [-0.25, -0.2) is 29.1 Å². The molecule has 0 amide bonds. The van der Waals surface area contributed by atoms with Gasteiger partial charge < -0.3 is 9.47 Å². The number of hydrogen-bond donors (Lipinski definition) is 0. The number of carbonyl (C=O) groups is 2. The Kier molecular flexibility index (Phi) is 28.7. The third kappa shape index (κ3) is 22.5. The summed E-state index contributed by atoms with van der Waals surface area (Å²) in [7, 11) is 0. The van der Waals surface area contributed by atoms with Gasteiger partial charge >= 0.3 is 11.9 Å². The SMILES string of the molecule is CCCC1CCC(Cc2ccc(COO[C@H](c3ccccc3)[C@H](OC(=O)c3ccc(CC4CCC(CC)CC4)cc3)c3ccccc3)cc2)CC1.CCCc1ccc(Cc2ccc(COO[C@H](c3ccccc3)[C@H](OC(=O)c3ccc(Cc4ccc(CC)cc4)cc3)c3ccccc3)cc2)cc1. The molecule has 0 radical (unpaired) electrons. The smallest absolute Gasteiger partial charge is 0.338 e. The van der Waals surface area contributed by atoms with Gasteiger partial charge in [0.05, 0.1) is 11.1 Å². The third-order valence-corrected chi connectivity index (χ3v) is 20.8. The van der Waals surface area contributed by atoms with E-state index in [1.807, 2.05) is 158 Å². The molecule has 528 valence electrons. The first-order valence-corrected chi connectivity index (χ1v) is 37.8. The molecule has 0 spiro atoms. The molecule has 10 aromatic carbocycles. The molecule has 4 atom stereocenters. The molecule has 0 heterocycles. The van der Waals surface area contributed by atoms with Crippen molar-refractivity contribution in [2.45, 2.75) is 181 Å². The van der Waals surface area contributed by atoms with Crippen molar-refractivity contribution in [3.05, 3.63) is 356 Å². The molecule has 8 heteroatoms. The Labute approximate surface area is 607 Å². The third-order valence-electron chi connectivity index (χ3n) is 20.8. The summed E-state index contributed by atoms with van der Waals surface area (Å²) >= 11 is 0. The van der Waals surface area contributed by atoms with Crippen LogP contribution in [-0.4, -0.2) is 11.9 Å².